The molecule has 0 saturated carbocycles. The van der Waals surface area contributed by atoms with E-state index in [0.29, 0.717) is 11.5 Å². The van der Waals surface area contributed by atoms with Gasteiger partial charge in [-0.1, -0.05) is 24.3 Å². The van der Waals surface area contributed by atoms with Crippen molar-refractivity contribution in [3.05, 3.63) is 59.7 Å². The predicted molar refractivity (Wildman–Crippen MR) is 93.7 cm³/mol. The zero-order chi connectivity index (χ0) is 17.7. The standard InChI is InChI=1S/C20H20O4/c1-13(17-7-5-9-19(11-17)23-15(3)21)14(2)18-8-6-10-20(12-18)24-16(4)22/h5-12H,1-4H3/b14-13+. The molecule has 0 spiro atoms. The number of carbonyl (C=O) groups excluding carboxylic acids is 2. The highest BCUT2D eigenvalue weighted by Gasteiger charge is 2.07. The van der Waals surface area contributed by atoms with E-state index in [1.807, 2.05) is 50.2 Å². The minimum absolute atomic E-state index is 0.348. The van der Waals surface area contributed by atoms with Gasteiger partial charge in [0.15, 0.2) is 0 Å². The molecular formula is C20H20O4. The minimum Gasteiger partial charge on any atom is -0.427 e. The van der Waals surface area contributed by atoms with Crippen LogP contribution in [0.25, 0.3) is 11.1 Å². The van der Waals surface area contributed by atoms with Crippen molar-refractivity contribution < 1.29 is 19.1 Å². The second-order valence-corrected chi connectivity index (χ2v) is 5.49. The van der Waals surface area contributed by atoms with E-state index in [0.717, 1.165) is 22.3 Å². The number of esters is 2. The van der Waals surface area contributed by atoms with Crippen molar-refractivity contribution >= 4 is 23.1 Å². The van der Waals surface area contributed by atoms with Gasteiger partial charge in [0.25, 0.3) is 0 Å². The summed E-state index contributed by atoms with van der Waals surface area (Å²) in [5.74, 6) is 0.334. The molecule has 0 fully saturated rings. The Kier molecular flexibility index (Phi) is 5.53. The first-order chi connectivity index (χ1) is 11.4. The van der Waals surface area contributed by atoms with E-state index >= 15 is 0 Å². The maximum Gasteiger partial charge on any atom is 0.308 e. The first-order valence-electron chi connectivity index (χ1n) is 7.62. The number of ether oxygens (including phenoxy) is 2. The second kappa shape index (κ2) is 7.59. The maximum atomic E-state index is 11.1. The van der Waals surface area contributed by atoms with Crippen molar-refractivity contribution in [2.45, 2.75) is 27.7 Å². The highest BCUT2D eigenvalue weighted by Crippen LogP contribution is 2.29. The van der Waals surface area contributed by atoms with Crippen LogP contribution < -0.4 is 9.47 Å². The third-order valence-electron chi connectivity index (χ3n) is 3.62. The molecule has 0 radical (unpaired) electrons. The zero-order valence-electron chi connectivity index (χ0n) is 14.3. The monoisotopic (exact) mass is 324 g/mol. The van der Waals surface area contributed by atoms with E-state index in [-0.39, 0.29) is 11.9 Å². The molecule has 0 N–H and O–H groups in total. The van der Waals surface area contributed by atoms with E-state index in [4.69, 9.17) is 9.47 Å². The van der Waals surface area contributed by atoms with Gasteiger partial charge in [-0.3, -0.25) is 9.59 Å². The molecule has 4 heteroatoms. The lowest BCUT2D eigenvalue weighted by molar-refractivity contribution is -0.132. The van der Waals surface area contributed by atoms with Crippen molar-refractivity contribution in [2.24, 2.45) is 0 Å². The summed E-state index contributed by atoms with van der Waals surface area (Å²) in [5, 5.41) is 0. The van der Waals surface area contributed by atoms with Crippen LogP contribution >= 0.6 is 0 Å². The Morgan fingerprint density at radius 1 is 0.667 bits per heavy atom. The van der Waals surface area contributed by atoms with Crippen molar-refractivity contribution in [1.82, 2.24) is 0 Å². The van der Waals surface area contributed by atoms with Gasteiger partial charge in [-0.2, -0.15) is 0 Å². The summed E-state index contributed by atoms with van der Waals surface area (Å²) in [7, 11) is 0. The predicted octanol–water partition coefficient (Wildman–Crippen LogP) is 4.49. The van der Waals surface area contributed by atoms with Gasteiger partial charge in [-0.25, -0.2) is 0 Å². The molecule has 0 aliphatic rings. The van der Waals surface area contributed by atoms with E-state index in [2.05, 4.69) is 0 Å². The fourth-order valence-electron chi connectivity index (χ4n) is 2.35. The van der Waals surface area contributed by atoms with Crippen LogP contribution in [0.1, 0.15) is 38.8 Å². The molecule has 0 aliphatic carbocycles. The summed E-state index contributed by atoms with van der Waals surface area (Å²) in [6, 6.07) is 14.8. The van der Waals surface area contributed by atoms with Crippen molar-refractivity contribution in [3.63, 3.8) is 0 Å². The fourth-order valence-corrected chi connectivity index (χ4v) is 2.35. The molecule has 24 heavy (non-hydrogen) atoms. The van der Waals surface area contributed by atoms with Crippen molar-refractivity contribution in [1.29, 1.82) is 0 Å². The highest BCUT2D eigenvalue weighted by molar-refractivity contribution is 5.89. The van der Waals surface area contributed by atoms with E-state index < -0.39 is 0 Å². The molecule has 2 aromatic carbocycles. The van der Waals surface area contributed by atoms with Crippen LogP contribution in [0, 0.1) is 0 Å². The minimum atomic E-state index is -0.348. The first kappa shape index (κ1) is 17.5. The second-order valence-electron chi connectivity index (χ2n) is 5.49. The van der Waals surface area contributed by atoms with Crippen molar-refractivity contribution in [3.8, 4) is 11.5 Å². The number of hydrogen-bond acceptors (Lipinski definition) is 4. The van der Waals surface area contributed by atoms with Crippen LogP contribution in [0.2, 0.25) is 0 Å². The van der Waals surface area contributed by atoms with Crippen LogP contribution in [-0.4, -0.2) is 11.9 Å². The van der Waals surface area contributed by atoms with E-state index in [1.165, 1.54) is 13.8 Å². The average Bonchev–Trinajstić information content (AvgIpc) is 2.52. The molecule has 0 heterocycles. The van der Waals surface area contributed by atoms with Gasteiger partial charge in [-0.05, 0) is 60.4 Å². The van der Waals surface area contributed by atoms with E-state index in [9.17, 15) is 9.59 Å². The molecule has 0 unspecified atom stereocenters. The molecule has 0 bridgehead atoms. The fraction of sp³-hybridized carbons (Fsp3) is 0.200. The van der Waals surface area contributed by atoms with Crippen LogP contribution in [-0.2, 0) is 9.59 Å². The molecule has 2 rings (SSSR count). The van der Waals surface area contributed by atoms with Gasteiger partial charge in [0.1, 0.15) is 11.5 Å². The van der Waals surface area contributed by atoms with Crippen LogP contribution in [0.4, 0.5) is 0 Å². The topological polar surface area (TPSA) is 52.6 Å². The van der Waals surface area contributed by atoms with Crippen LogP contribution in [0.15, 0.2) is 48.5 Å². The number of benzene rings is 2. The highest BCUT2D eigenvalue weighted by atomic mass is 16.5. The summed E-state index contributed by atoms with van der Waals surface area (Å²) >= 11 is 0. The van der Waals surface area contributed by atoms with Crippen LogP contribution in [0.3, 0.4) is 0 Å². The normalized spacial score (nSPS) is 11.5. The largest absolute Gasteiger partial charge is 0.427 e. The third-order valence-corrected chi connectivity index (χ3v) is 3.62. The van der Waals surface area contributed by atoms with Crippen LogP contribution in [0.5, 0.6) is 11.5 Å². The lowest BCUT2D eigenvalue weighted by atomic mass is 9.97. The Morgan fingerprint density at radius 2 is 1.04 bits per heavy atom. The summed E-state index contributed by atoms with van der Waals surface area (Å²) in [4.78, 5) is 22.2. The molecule has 4 nitrogen and oxygen atoms in total. The average molecular weight is 324 g/mol. The Bertz CT molecular complexity index is 735. The molecule has 0 atom stereocenters. The molecule has 0 aromatic heterocycles. The SMILES string of the molecule is CC(=O)Oc1cccc(/C(C)=C(\C)c2cccc(OC(C)=O)c2)c1. The summed E-state index contributed by atoms with van der Waals surface area (Å²) in [6.45, 7) is 6.75. The number of rotatable bonds is 4. The molecule has 2 aromatic rings. The molecule has 0 amide bonds. The molecule has 0 saturated heterocycles. The zero-order valence-corrected chi connectivity index (χ0v) is 14.3. The Balaban J connectivity index is 2.37. The third kappa shape index (κ3) is 4.56. The summed E-state index contributed by atoms with van der Waals surface area (Å²) in [5.41, 5.74) is 4.02. The summed E-state index contributed by atoms with van der Waals surface area (Å²) < 4.78 is 10.3. The van der Waals surface area contributed by atoms with Gasteiger partial charge in [0.2, 0.25) is 0 Å². The number of allylic oxidation sites excluding steroid dienone is 2. The lowest BCUT2D eigenvalue weighted by Crippen LogP contribution is -2.02. The first-order valence-corrected chi connectivity index (χ1v) is 7.62. The quantitative estimate of drug-likeness (QED) is 0.472. The maximum absolute atomic E-state index is 11.1. The van der Waals surface area contributed by atoms with Crippen molar-refractivity contribution in [2.75, 3.05) is 0 Å². The molecule has 0 aliphatic heterocycles. The number of hydrogen-bond donors (Lipinski definition) is 0. The Hall–Kier alpha value is -2.88. The van der Waals surface area contributed by atoms with Gasteiger partial charge in [-0.15, -0.1) is 0 Å². The van der Waals surface area contributed by atoms with Gasteiger partial charge >= 0.3 is 11.9 Å². The van der Waals surface area contributed by atoms with Gasteiger partial charge in [0, 0.05) is 13.8 Å². The smallest absolute Gasteiger partial charge is 0.308 e. The van der Waals surface area contributed by atoms with E-state index in [1.54, 1.807) is 12.1 Å². The lowest BCUT2D eigenvalue weighted by Gasteiger charge is -2.11. The molecule has 124 valence electrons. The molecular weight excluding hydrogens is 304 g/mol. The number of carbonyl (C=O) groups is 2. The van der Waals surface area contributed by atoms with Gasteiger partial charge < -0.3 is 9.47 Å². The summed E-state index contributed by atoms with van der Waals surface area (Å²) in [6.07, 6.45) is 0. The Labute approximate surface area is 141 Å². The Morgan fingerprint density at radius 3 is 1.38 bits per heavy atom. The van der Waals surface area contributed by atoms with Gasteiger partial charge in [0.05, 0.1) is 0 Å².